The molecule has 0 aromatic heterocycles. The van der Waals surface area contributed by atoms with E-state index >= 15 is 0 Å². The van der Waals surface area contributed by atoms with Crippen LogP contribution in [0.15, 0.2) is 76.0 Å². The highest BCUT2D eigenvalue weighted by molar-refractivity contribution is 6.31. The van der Waals surface area contributed by atoms with E-state index in [-0.39, 0.29) is 17.1 Å². The van der Waals surface area contributed by atoms with Crippen molar-refractivity contribution in [2.75, 3.05) is 18.0 Å². The van der Waals surface area contributed by atoms with Crippen LogP contribution < -0.4 is 10.3 Å². The summed E-state index contributed by atoms with van der Waals surface area (Å²) in [5.74, 6) is -0.758. The summed E-state index contributed by atoms with van der Waals surface area (Å²) in [6, 6.07) is 21.4. The Morgan fingerprint density at radius 1 is 0.974 bits per heavy atom. The molecule has 0 radical (unpaired) electrons. The monoisotopic (exact) mass is 527 g/mol. The van der Waals surface area contributed by atoms with Gasteiger partial charge in [0.1, 0.15) is 5.75 Å². The highest BCUT2D eigenvalue weighted by Crippen LogP contribution is 2.23. The Labute approximate surface area is 226 Å². The normalized spacial score (nSPS) is 11.1. The molecule has 9 nitrogen and oxygen atoms in total. The van der Waals surface area contributed by atoms with E-state index in [1.165, 1.54) is 18.2 Å². The fourth-order valence-corrected chi connectivity index (χ4v) is 3.71. The molecule has 2 N–H and O–H groups in total. The molecular formula is C28H26ClN7O2. The van der Waals surface area contributed by atoms with Gasteiger partial charge in [0, 0.05) is 29.4 Å². The lowest BCUT2D eigenvalue weighted by Crippen LogP contribution is -2.25. The molecule has 192 valence electrons. The van der Waals surface area contributed by atoms with Crippen molar-refractivity contribution in [1.29, 1.82) is 10.5 Å². The summed E-state index contributed by atoms with van der Waals surface area (Å²) in [5.41, 5.74) is 6.33. The third-order valence-electron chi connectivity index (χ3n) is 5.56. The van der Waals surface area contributed by atoms with Gasteiger partial charge in [-0.25, -0.2) is 5.43 Å². The Hall–Kier alpha value is -4.73. The van der Waals surface area contributed by atoms with Crippen LogP contribution in [0.5, 0.6) is 5.75 Å². The number of azo groups is 1. The molecule has 3 rings (SSSR count). The van der Waals surface area contributed by atoms with Gasteiger partial charge < -0.3 is 10.0 Å². The van der Waals surface area contributed by atoms with Crippen molar-refractivity contribution in [3.8, 4) is 17.9 Å². The van der Waals surface area contributed by atoms with Crippen LogP contribution in [-0.4, -0.2) is 29.9 Å². The molecule has 0 aliphatic heterocycles. The molecule has 1 amide bonds. The summed E-state index contributed by atoms with van der Waals surface area (Å²) in [7, 11) is 0. The van der Waals surface area contributed by atoms with Crippen LogP contribution in [0.3, 0.4) is 0 Å². The number of aryl methyl sites for hydroxylation is 2. The highest BCUT2D eigenvalue weighted by Gasteiger charge is 2.15. The maximum absolute atomic E-state index is 12.7. The van der Waals surface area contributed by atoms with Gasteiger partial charge in [-0.2, -0.15) is 10.5 Å². The van der Waals surface area contributed by atoms with Crippen LogP contribution in [0.25, 0.3) is 0 Å². The maximum atomic E-state index is 12.7. The van der Waals surface area contributed by atoms with Crippen molar-refractivity contribution in [2.24, 2.45) is 15.3 Å². The lowest BCUT2D eigenvalue weighted by atomic mass is 10.1. The zero-order chi connectivity index (χ0) is 27.5. The number of nitrogens with one attached hydrogen (secondary N) is 1. The second-order valence-electron chi connectivity index (χ2n) is 8.38. The van der Waals surface area contributed by atoms with Crippen molar-refractivity contribution in [2.45, 2.75) is 26.7 Å². The molecule has 0 atom stereocenters. The predicted octanol–water partition coefficient (Wildman–Crippen LogP) is 6.17. The quantitative estimate of drug-likeness (QED) is 0.148. The van der Waals surface area contributed by atoms with E-state index in [1.807, 2.05) is 55.1 Å². The third kappa shape index (κ3) is 7.63. The smallest absolute Gasteiger partial charge is 0.275 e. The molecule has 3 aromatic rings. The Balaban J connectivity index is 1.97. The second-order valence-corrected chi connectivity index (χ2v) is 8.81. The molecular weight excluding hydrogens is 502 g/mol. The van der Waals surface area contributed by atoms with Crippen LogP contribution >= 0.6 is 11.6 Å². The number of phenols is 1. The van der Waals surface area contributed by atoms with Crippen LogP contribution in [0.1, 0.15) is 39.9 Å². The first-order valence-corrected chi connectivity index (χ1v) is 12.1. The summed E-state index contributed by atoms with van der Waals surface area (Å²) < 4.78 is 0. The van der Waals surface area contributed by atoms with E-state index in [1.54, 1.807) is 6.07 Å². The summed E-state index contributed by atoms with van der Waals surface area (Å²) in [6.07, 6.45) is 0.651. The van der Waals surface area contributed by atoms with E-state index in [2.05, 4.69) is 32.9 Å². The molecule has 10 heteroatoms. The van der Waals surface area contributed by atoms with Gasteiger partial charge in [0.05, 0.1) is 36.2 Å². The van der Waals surface area contributed by atoms with Crippen LogP contribution in [0.4, 0.5) is 11.4 Å². The average Bonchev–Trinajstić information content (AvgIpc) is 2.91. The zero-order valence-electron chi connectivity index (χ0n) is 21.0. The van der Waals surface area contributed by atoms with Crippen molar-refractivity contribution in [3.63, 3.8) is 0 Å². The van der Waals surface area contributed by atoms with Gasteiger partial charge in [-0.1, -0.05) is 29.3 Å². The number of aromatic hydroxyl groups is 1. The molecule has 0 spiro atoms. The molecule has 0 fully saturated rings. The number of halogens is 1. The first-order valence-electron chi connectivity index (χ1n) is 11.8. The SMILES string of the molecule is Cc1ccc(N=N/C(=N\NC(=O)c2cc(Cl)ccc2O)c2ccc(N(CCC#N)CCC#N)cc2C)cc1. The van der Waals surface area contributed by atoms with Gasteiger partial charge in [-0.15, -0.1) is 15.3 Å². The number of rotatable bonds is 9. The molecule has 3 aromatic carbocycles. The number of benzene rings is 3. The molecule has 0 saturated heterocycles. The van der Waals surface area contributed by atoms with E-state index in [0.717, 1.165) is 16.8 Å². The number of hydrogen-bond acceptors (Lipinski definition) is 7. The Bertz CT molecular complexity index is 1420. The molecule has 38 heavy (non-hydrogen) atoms. The minimum atomic E-state index is -0.665. The standard InChI is InChI=1S/C28H26ClN7O2/c1-19-5-8-22(9-6-19)32-33-27(34-35-28(38)25-18-21(29)7-12-26(25)37)24-11-10-23(17-20(24)2)36(15-3-13-30)16-4-14-31/h5-12,17-18,37H,3-4,15-16H2,1-2H3,(H,35,38)/b33-32?,34-27-. The summed E-state index contributed by atoms with van der Waals surface area (Å²) in [5, 5.41) is 41.2. The van der Waals surface area contributed by atoms with E-state index in [4.69, 9.17) is 22.1 Å². The number of hydrogen-bond donors (Lipinski definition) is 2. The van der Waals surface area contributed by atoms with Crippen molar-refractivity contribution in [3.05, 3.63) is 87.9 Å². The zero-order valence-corrected chi connectivity index (χ0v) is 21.8. The minimum absolute atomic E-state index is 0.0335. The van der Waals surface area contributed by atoms with Gasteiger partial charge in [-0.05, 0) is 67.9 Å². The first kappa shape index (κ1) is 27.9. The van der Waals surface area contributed by atoms with E-state index in [9.17, 15) is 9.90 Å². The van der Waals surface area contributed by atoms with Crippen molar-refractivity contribution < 1.29 is 9.90 Å². The molecule has 0 aliphatic rings. The summed E-state index contributed by atoms with van der Waals surface area (Å²) in [6.45, 7) is 4.82. The number of nitriles is 2. The first-order chi connectivity index (χ1) is 18.3. The van der Waals surface area contributed by atoms with Crippen LogP contribution in [-0.2, 0) is 0 Å². The van der Waals surface area contributed by atoms with Gasteiger partial charge in [0.25, 0.3) is 5.91 Å². The number of carbonyl (C=O) groups excluding carboxylic acids is 1. The number of carbonyl (C=O) groups is 1. The minimum Gasteiger partial charge on any atom is -0.507 e. The number of nitrogens with zero attached hydrogens (tertiary/aromatic N) is 6. The summed E-state index contributed by atoms with van der Waals surface area (Å²) in [4.78, 5) is 14.7. The number of amides is 1. The number of hydrazone groups is 1. The maximum Gasteiger partial charge on any atom is 0.275 e. The van der Waals surface area contributed by atoms with Crippen molar-refractivity contribution in [1.82, 2.24) is 5.43 Å². The van der Waals surface area contributed by atoms with E-state index in [0.29, 0.717) is 42.2 Å². The average molecular weight is 528 g/mol. The molecule has 0 saturated carbocycles. The fraction of sp³-hybridized carbons (Fsp3) is 0.214. The lowest BCUT2D eigenvalue weighted by molar-refractivity contribution is 0.0952. The van der Waals surface area contributed by atoms with Crippen LogP contribution in [0, 0.1) is 36.5 Å². The molecule has 0 heterocycles. The molecule has 0 aliphatic carbocycles. The predicted molar refractivity (Wildman–Crippen MR) is 147 cm³/mol. The lowest BCUT2D eigenvalue weighted by Gasteiger charge is -2.23. The number of amidine groups is 1. The topological polar surface area (TPSA) is 137 Å². The Morgan fingerprint density at radius 3 is 2.29 bits per heavy atom. The second kappa shape index (κ2) is 13.5. The van der Waals surface area contributed by atoms with Crippen LogP contribution in [0.2, 0.25) is 5.02 Å². The number of anilines is 1. The van der Waals surface area contributed by atoms with Gasteiger partial charge in [0.15, 0.2) is 0 Å². The van der Waals surface area contributed by atoms with Gasteiger partial charge in [0.2, 0.25) is 5.84 Å². The Morgan fingerprint density at radius 2 is 1.66 bits per heavy atom. The Kier molecular flexibility index (Phi) is 9.93. The summed E-state index contributed by atoms with van der Waals surface area (Å²) >= 11 is 5.97. The third-order valence-corrected chi connectivity index (χ3v) is 5.80. The molecule has 0 unspecified atom stereocenters. The largest absolute Gasteiger partial charge is 0.507 e. The van der Waals surface area contributed by atoms with Gasteiger partial charge >= 0.3 is 0 Å². The van der Waals surface area contributed by atoms with Crippen molar-refractivity contribution >= 4 is 34.7 Å². The number of phenolic OH excluding ortho intramolecular Hbond substituents is 1. The molecule has 0 bridgehead atoms. The fourth-order valence-electron chi connectivity index (χ4n) is 3.54. The highest BCUT2D eigenvalue weighted by atomic mass is 35.5. The van der Waals surface area contributed by atoms with Gasteiger partial charge in [-0.3, -0.25) is 4.79 Å². The van der Waals surface area contributed by atoms with E-state index < -0.39 is 5.91 Å².